The molecule has 2 rings (SSSR count). The summed E-state index contributed by atoms with van der Waals surface area (Å²) in [6.45, 7) is 6.43. The van der Waals surface area contributed by atoms with E-state index in [1.54, 1.807) is 0 Å². The number of carbonyl (C=O) groups excluding carboxylic acids is 2. The Morgan fingerprint density at radius 1 is 1.33 bits per heavy atom. The van der Waals surface area contributed by atoms with Gasteiger partial charge in [0.1, 0.15) is 0 Å². The number of allylic oxidation sites excluding steroid dienone is 2. The van der Waals surface area contributed by atoms with Crippen molar-refractivity contribution in [1.82, 2.24) is 5.32 Å². The van der Waals surface area contributed by atoms with Gasteiger partial charge in [0.05, 0.1) is 0 Å². The summed E-state index contributed by atoms with van der Waals surface area (Å²) in [5.41, 5.74) is 1.41. The molecule has 0 saturated carbocycles. The maximum atomic E-state index is 11.9. The second-order valence-corrected chi connectivity index (χ2v) is 5.99. The van der Waals surface area contributed by atoms with Gasteiger partial charge >= 0.3 is 0 Å². The minimum Gasteiger partial charge on any atom is -0.296 e. The zero-order valence-corrected chi connectivity index (χ0v) is 11.5. The van der Waals surface area contributed by atoms with Gasteiger partial charge in [-0.2, -0.15) is 0 Å². The molecule has 0 bridgehead atoms. The molecule has 1 heterocycles. The summed E-state index contributed by atoms with van der Waals surface area (Å²) >= 11 is 0. The molecule has 2 amide bonds. The number of nitrogens with one attached hydrogen (secondary N) is 1. The Kier molecular flexibility index (Phi) is 3.88. The Balaban J connectivity index is 2.17. The van der Waals surface area contributed by atoms with Crippen molar-refractivity contribution in [2.75, 3.05) is 0 Å². The molecule has 18 heavy (non-hydrogen) atoms. The lowest BCUT2D eigenvalue weighted by molar-refractivity contribution is -0.140. The zero-order valence-electron chi connectivity index (χ0n) is 11.5. The molecular weight excluding hydrogens is 226 g/mol. The van der Waals surface area contributed by atoms with Crippen LogP contribution in [0.25, 0.3) is 0 Å². The Morgan fingerprint density at radius 2 is 2.06 bits per heavy atom. The Labute approximate surface area is 109 Å². The van der Waals surface area contributed by atoms with Crippen LogP contribution in [-0.4, -0.2) is 11.8 Å². The second-order valence-electron chi connectivity index (χ2n) is 5.99. The third kappa shape index (κ3) is 2.65. The molecule has 0 radical (unpaired) electrons. The van der Waals surface area contributed by atoms with Gasteiger partial charge in [0.25, 0.3) is 0 Å². The molecule has 0 aromatic carbocycles. The molecule has 1 aliphatic heterocycles. The van der Waals surface area contributed by atoms with E-state index in [1.807, 2.05) is 6.92 Å². The molecule has 1 saturated heterocycles. The second kappa shape index (κ2) is 5.25. The SMILES string of the molecule is CCC1C(=O)NC(=O)CC1C1CC(C)=CC(C)C1. The number of piperidine rings is 1. The first-order chi connectivity index (χ1) is 8.51. The molecule has 0 spiro atoms. The standard InChI is InChI=1S/C15H23NO2/c1-4-12-13(8-14(17)16-15(12)18)11-6-9(2)5-10(3)7-11/h5,9,11-13H,4,6-8H2,1-3H3,(H,16,17,18). The van der Waals surface area contributed by atoms with Crippen LogP contribution in [0.2, 0.25) is 0 Å². The van der Waals surface area contributed by atoms with E-state index in [2.05, 4.69) is 25.2 Å². The Hall–Kier alpha value is -1.12. The van der Waals surface area contributed by atoms with E-state index in [0.717, 1.165) is 19.3 Å². The van der Waals surface area contributed by atoms with Crippen molar-refractivity contribution in [2.24, 2.45) is 23.7 Å². The quantitative estimate of drug-likeness (QED) is 0.604. The number of amides is 2. The highest BCUT2D eigenvalue weighted by molar-refractivity contribution is 5.99. The average Bonchev–Trinajstić information content (AvgIpc) is 2.26. The van der Waals surface area contributed by atoms with Crippen LogP contribution in [0.1, 0.15) is 46.5 Å². The van der Waals surface area contributed by atoms with Crippen molar-refractivity contribution in [2.45, 2.75) is 46.5 Å². The van der Waals surface area contributed by atoms with Crippen LogP contribution in [0, 0.1) is 23.7 Å². The highest BCUT2D eigenvalue weighted by atomic mass is 16.2. The van der Waals surface area contributed by atoms with Gasteiger partial charge in [0.2, 0.25) is 11.8 Å². The van der Waals surface area contributed by atoms with Gasteiger partial charge in [0.15, 0.2) is 0 Å². The van der Waals surface area contributed by atoms with Gasteiger partial charge in [-0.25, -0.2) is 0 Å². The fourth-order valence-electron chi connectivity index (χ4n) is 3.74. The van der Waals surface area contributed by atoms with Crippen LogP contribution in [0.5, 0.6) is 0 Å². The van der Waals surface area contributed by atoms with Gasteiger partial charge < -0.3 is 0 Å². The summed E-state index contributed by atoms with van der Waals surface area (Å²) < 4.78 is 0. The molecule has 2 aliphatic rings. The van der Waals surface area contributed by atoms with Gasteiger partial charge in [-0.3, -0.25) is 14.9 Å². The summed E-state index contributed by atoms with van der Waals surface area (Å²) in [5.74, 6) is 1.17. The molecule has 0 aromatic heterocycles. The van der Waals surface area contributed by atoms with Crippen LogP contribution in [0.4, 0.5) is 0 Å². The van der Waals surface area contributed by atoms with Gasteiger partial charge in [-0.15, -0.1) is 0 Å². The zero-order chi connectivity index (χ0) is 13.3. The van der Waals surface area contributed by atoms with E-state index in [-0.39, 0.29) is 23.7 Å². The molecule has 3 nitrogen and oxygen atoms in total. The van der Waals surface area contributed by atoms with Crippen molar-refractivity contribution in [3.8, 4) is 0 Å². The van der Waals surface area contributed by atoms with E-state index in [4.69, 9.17) is 0 Å². The van der Waals surface area contributed by atoms with Crippen LogP contribution in [0.3, 0.4) is 0 Å². The van der Waals surface area contributed by atoms with Crippen molar-refractivity contribution >= 4 is 11.8 Å². The molecule has 0 aromatic rings. The van der Waals surface area contributed by atoms with E-state index >= 15 is 0 Å². The number of hydrogen-bond donors (Lipinski definition) is 1. The lowest BCUT2D eigenvalue weighted by Gasteiger charge is -2.38. The summed E-state index contributed by atoms with van der Waals surface area (Å²) in [4.78, 5) is 23.5. The predicted molar refractivity (Wildman–Crippen MR) is 70.7 cm³/mol. The van der Waals surface area contributed by atoms with E-state index in [1.165, 1.54) is 5.57 Å². The van der Waals surface area contributed by atoms with E-state index < -0.39 is 0 Å². The maximum absolute atomic E-state index is 11.9. The van der Waals surface area contributed by atoms with Gasteiger partial charge in [0, 0.05) is 12.3 Å². The summed E-state index contributed by atoms with van der Waals surface area (Å²) in [5, 5.41) is 2.48. The van der Waals surface area contributed by atoms with E-state index in [9.17, 15) is 9.59 Å². The Bertz CT molecular complexity index is 386. The van der Waals surface area contributed by atoms with Crippen LogP contribution < -0.4 is 5.32 Å². The molecule has 4 unspecified atom stereocenters. The molecule has 1 fully saturated rings. The minimum atomic E-state index is -0.0884. The van der Waals surface area contributed by atoms with Crippen molar-refractivity contribution in [3.05, 3.63) is 11.6 Å². The van der Waals surface area contributed by atoms with Crippen molar-refractivity contribution in [1.29, 1.82) is 0 Å². The van der Waals surface area contributed by atoms with Crippen LogP contribution >= 0.6 is 0 Å². The predicted octanol–water partition coefficient (Wildman–Crippen LogP) is 2.67. The van der Waals surface area contributed by atoms with Crippen LogP contribution in [-0.2, 0) is 9.59 Å². The topological polar surface area (TPSA) is 46.2 Å². The van der Waals surface area contributed by atoms with Crippen molar-refractivity contribution < 1.29 is 9.59 Å². The normalized spacial score (nSPS) is 37.2. The first kappa shape index (κ1) is 13.3. The van der Waals surface area contributed by atoms with E-state index in [0.29, 0.717) is 18.3 Å². The smallest absolute Gasteiger partial charge is 0.229 e. The third-order valence-corrected chi connectivity index (χ3v) is 4.41. The highest BCUT2D eigenvalue weighted by Gasteiger charge is 2.40. The van der Waals surface area contributed by atoms with Crippen LogP contribution in [0.15, 0.2) is 11.6 Å². The number of rotatable bonds is 2. The first-order valence-corrected chi connectivity index (χ1v) is 7.02. The van der Waals surface area contributed by atoms with Gasteiger partial charge in [-0.1, -0.05) is 25.5 Å². The maximum Gasteiger partial charge on any atom is 0.229 e. The molecule has 100 valence electrons. The first-order valence-electron chi connectivity index (χ1n) is 7.02. The lowest BCUT2D eigenvalue weighted by atomic mass is 9.68. The summed E-state index contributed by atoms with van der Waals surface area (Å²) in [6, 6.07) is 0. The fourth-order valence-corrected chi connectivity index (χ4v) is 3.74. The monoisotopic (exact) mass is 249 g/mol. The highest BCUT2D eigenvalue weighted by Crippen LogP contribution is 2.40. The molecule has 1 aliphatic carbocycles. The summed E-state index contributed by atoms with van der Waals surface area (Å²) in [6.07, 6.45) is 5.83. The largest absolute Gasteiger partial charge is 0.296 e. The molecule has 4 atom stereocenters. The summed E-state index contributed by atoms with van der Waals surface area (Å²) in [7, 11) is 0. The lowest BCUT2D eigenvalue weighted by Crippen LogP contribution is -2.48. The molecular formula is C15H23NO2. The number of carbonyl (C=O) groups is 2. The van der Waals surface area contributed by atoms with Crippen molar-refractivity contribution in [3.63, 3.8) is 0 Å². The number of imide groups is 1. The minimum absolute atomic E-state index is 0.0193. The molecule has 3 heteroatoms. The average molecular weight is 249 g/mol. The Morgan fingerprint density at radius 3 is 2.67 bits per heavy atom. The van der Waals surface area contributed by atoms with Gasteiger partial charge in [-0.05, 0) is 43.9 Å². The molecule has 1 N–H and O–H groups in total. The fraction of sp³-hybridized carbons (Fsp3) is 0.733. The number of hydrogen-bond acceptors (Lipinski definition) is 2. The third-order valence-electron chi connectivity index (χ3n) is 4.41.